The van der Waals surface area contributed by atoms with E-state index in [1.807, 2.05) is 60.8 Å². The van der Waals surface area contributed by atoms with Crippen molar-refractivity contribution in [2.24, 2.45) is 5.92 Å². The highest BCUT2D eigenvalue weighted by Gasteiger charge is 2.35. The molecule has 2 aromatic heterocycles. The lowest BCUT2D eigenvalue weighted by atomic mass is 10.1. The number of benzene rings is 2. The zero-order valence-electron chi connectivity index (χ0n) is 18.8. The summed E-state index contributed by atoms with van der Waals surface area (Å²) >= 11 is 1.45. The molecule has 1 aliphatic rings. The number of nitrogens with zero attached hydrogens (tertiary/aromatic N) is 4. The maximum Gasteiger partial charge on any atom is 0.230 e. The number of aryl methyl sites for hydroxylation is 1. The molecule has 1 aliphatic heterocycles. The Morgan fingerprint density at radius 3 is 2.76 bits per heavy atom. The largest absolute Gasteiger partial charge is 0.497 e. The molecule has 8 nitrogen and oxygen atoms in total. The van der Waals surface area contributed by atoms with Crippen molar-refractivity contribution in [1.82, 2.24) is 14.8 Å². The average Bonchev–Trinajstić information content (AvgIpc) is 3.58. The third kappa shape index (κ3) is 4.29. The molecule has 1 saturated heterocycles. The molecule has 0 spiro atoms. The van der Waals surface area contributed by atoms with E-state index in [1.165, 1.54) is 11.3 Å². The van der Waals surface area contributed by atoms with Gasteiger partial charge in [-0.25, -0.2) is 4.98 Å². The highest BCUT2D eigenvalue weighted by Crippen LogP contribution is 2.30. The fourth-order valence-electron chi connectivity index (χ4n) is 3.98. The molecule has 9 heteroatoms. The van der Waals surface area contributed by atoms with E-state index in [4.69, 9.17) is 9.72 Å². The van der Waals surface area contributed by atoms with Crippen LogP contribution in [0.1, 0.15) is 12.1 Å². The Balaban J connectivity index is 1.33. The van der Waals surface area contributed by atoms with Crippen LogP contribution in [0, 0.1) is 12.8 Å². The lowest BCUT2D eigenvalue weighted by molar-refractivity contribution is -0.122. The summed E-state index contributed by atoms with van der Waals surface area (Å²) < 4.78 is 6.90. The van der Waals surface area contributed by atoms with Crippen molar-refractivity contribution in [3.63, 3.8) is 0 Å². The van der Waals surface area contributed by atoms with E-state index in [-0.39, 0.29) is 18.2 Å². The Morgan fingerprint density at radius 2 is 1.97 bits per heavy atom. The van der Waals surface area contributed by atoms with Gasteiger partial charge in [-0.3, -0.25) is 9.59 Å². The maximum atomic E-state index is 13.1. The molecule has 1 N–H and O–H groups in total. The number of anilines is 2. The van der Waals surface area contributed by atoms with Gasteiger partial charge in [0.15, 0.2) is 0 Å². The number of nitrogens with one attached hydrogen (secondary N) is 1. The first-order chi connectivity index (χ1) is 16.5. The van der Waals surface area contributed by atoms with Gasteiger partial charge < -0.3 is 15.0 Å². The molecule has 1 atom stereocenters. The molecule has 3 heterocycles. The molecule has 1 fully saturated rings. The summed E-state index contributed by atoms with van der Waals surface area (Å²) in [6, 6.07) is 19.0. The first kappa shape index (κ1) is 21.8. The summed E-state index contributed by atoms with van der Waals surface area (Å²) in [4.78, 5) is 32.1. The zero-order chi connectivity index (χ0) is 23.7. The van der Waals surface area contributed by atoms with Crippen molar-refractivity contribution < 1.29 is 14.3 Å². The summed E-state index contributed by atoms with van der Waals surface area (Å²) in [5.41, 5.74) is 3.34. The van der Waals surface area contributed by atoms with E-state index < -0.39 is 5.92 Å². The number of aromatic nitrogens is 3. The summed E-state index contributed by atoms with van der Waals surface area (Å²) in [6.45, 7) is 2.17. The standard InChI is InChI=1S/C25H23N5O3S/c1-16-11-22(30(28-16)25-26-21(15-34-25)17-7-4-3-5-8-17)27-24(32)18-12-23(31)29(14-18)19-9-6-10-20(13-19)33-2/h3-11,13,15,18H,12,14H2,1-2H3,(H,27,32)/t18-/m1/s1. The molecule has 0 unspecified atom stereocenters. The minimum Gasteiger partial charge on any atom is -0.497 e. The van der Waals surface area contributed by atoms with Crippen molar-refractivity contribution in [2.75, 3.05) is 23.9 Å². The lowest BCUT2D eigenvalue weighted by Crippen LogP contribution is -2.28. The number of hydrogen-bond acceptors (Lipinski definition) is 6. The topological polar surface area (TPSA) is 89.3 Å². The number of amides is 2. The molecular weight excluding hydrogens is 450 g/mol. The van der Waals surface area contributed by atoms with Crippen LogP contribution in [0.25, 0.3) is 16.4 Å². The lowest BCUT2D eigenvalue weighted by Gasteiger charge is -2.17. The van der Waals surface area contributed by atoms with Crippen LogP contribution in [0.2, 0.25) is 0 Å². The van der Waals surface area contributed by atoms with Gasteiger partial charge in [-0.05, 0) is 19.1 Å². The van der Waals surface area contributed by atoms with Gasteiger partial charge in [0.05, 0.1) is 24.4 Å². The van der Waals surface area contributed by atoms with Crippen molar-refractivity contribution in [3.05, 3.63) is 71.7 Å². The third-order valence-electron chi connectivity index (χ3n) is 5.69. The van der Waals surface area contributed by atoms with Gasteiger partial charge in [-0.2, -0.15) is 9.78 Å². The summed E-state index contributed by atoms with van der Waals surface area (Å²) in [5, 5.41) is 10.1. The van der Waals surface area contributed by atoms with Crippen LogP contribution < -0.4 is 15.0 Å². The molecule has 172 valence electrons. The molecule has 0 aliphatic carbocycles. The van der Waals surface area contributed by atoms with Gasteiger partial charge in [-0.1, -0.05) is 36.4 Å². The summed E-state index contributed by atoms with van der Waals surface area (Å²) in [5.74, 6) is 0.406. The SMILES string of the molecule is COc1cccc(N2C[C@H](C(=O)Nc3cc(C)nn3-c3nc(-c4ccccc4)cs3)CC2=O)c1. The molecule has 0 saturated carbocycles. The number of hydrogen-bond donors (Lipinski definition) is 1. The quantitative estimate of drug-likeness (QED) is 0.451. The van der Waals surface area contributed by atoms with Crippen molar-refractivity contribution in [2.45, 2.75) is 13.3 Å². The molecule has 0 radical (unpaired) electrons. The summed E-state index contributed by atoms with van der Waals surface area (Å²) in [6.07, 6.45) is 0.144. The second kappa shape index (κ2) is 9.11. The number of carbonyl (C=O) groups excluding carboxylic acids is 2. The number of methoxy groups -OCH3 is 1. The second-order valence-electron chi connectivity index (χ2n) is 8.06. The minimum absolute atomic E-state index is 0.0921. The van der Waals surface area contributed by atoms with E-state index in [2.05, 4.69) is 10.4 Å². The van der Waals surface area contributed by atoms with E-state index in [0.29, 0.717) is 23.2 Å². The van der Waals surface area contributed by atoms with Gasteiger partial charge in [0.2, 0.25) is 16.9 Å². The second-order valence-corrected chi connectivity index (χ2v) is 8.90. The van der Waals surface area contributed by atoms with Gasteiger partial charge in [0, 0.05) is 41.7 Å². The molecule has 4 aromatic rings. The van der Waals surface area contributed by atoms with Crippen LogP contribution in [0.3, 0.4) is 0 Å². The Labute approximate surface area is 200 Å². The number of thiazole rings is 1. The molecule has 34 heavy (non-hydrogen) atoms. The Kier molecular flexibility index (Phi) is 5.85. The van der Waals surface area contributed by atoms with Crippen molar-refractivity contribution in [3.8, 4) is 22.1 Å². The van der Waals surface area contributed by atoms with Crippen LogP contribution >= 0.6 is 11.3 Å². The van der Waals surface area contributed by atoms with E-state index >= 15 is 0 Å². The van der Waals surface area contributed by atoms with Gasteiger partial charge in [0.1, 0.15) is 11.6 Å². The average molecular weight is 474 g/mol. The molecule has 5 rings (SSSR count). The Morgan fingerprint density at radius 1 is 1.15 bits per heavy atom. The van der Waals surface area contributed by atoms with Gasteiger partial charge in [-0.15, -0.1) is 11.3 Å². The fraction of sp³-hybridized carbons (Fsp3) is 0.200. The normalized spacial score (nSPS) is 15.5. The Hall–Kier alpha value is -3.98. The van der Waals surface area contributed by atoms with E-state index in [9.17, 15) is 9.59 Å². The van der Waals surface area contributed by atoms with E-state index in [1.54, 1.807) is 28.8 Å². The smallest absolute Gasteiger partial charge is 0.230 e. The first-order valence-corrected chi connectivity index (χ1v) is 11.7. The summed E-state index contributed by atoms with van der Waals surface area (Å²) in [7, 11) is 1.58. The highest BCUT2D eigenvalue weighted by molar-refractivity contribution is 7.12. The molecule has 2 aromatic carbocycles. The van der Waals surface area contributed by atoms with Crippen LogP contribution in [-0.4, -0.2) is 40.2 Å². The van der Waals surface area contributed by atoms with E-state index in [0.717, 1.165) is 22.6 Å². The van der Waals surface area contributed by atoms with Crippen molar-refractivity contribution >= 4 is 34.7 Å². The van der Waals surface area contributed by atoms with Crippen LogP contribution in [0.4, 0.5) is 11.5 Å². The number of carbonyl (C=O) groups is 2. The molecule has 0 bridgehead atoms. The first-order valence-electron chi connectivity index (χ1n) is 10.8. The molecule has 2 amide bonds. The van der Waals surface area contributed by atoms with Crippen LogP contribution in [-0.2, 0) is 9.59 Å². The van der Waals surface area contributed by atoms with Crippen LogP contribution in [0.15, 0.2) is 66.0 Å². The van der Waals surface area contributed by atoms with Gasteiger partial charge >= 0.3 is 0 Å². The third-order valence-corrected chi connectivity index (χ3v) is 6.50. The van der Waals surface area contributed by atoms with Crippen molar-refractivity contribution in [1.29, 1.82) is 0 Å². The zero-order valence-corrected chi connectivity index (χ0v) is 19.6. The maximum absolute atomic E-state index is 13.1. The monoisotopic (exact) mass is 473 g/mol. The Bertz CT molecular complexity index is 1350. The molecular formula is C25H23N5O3S. The fourth-order valence-corrected chi connectivity index (χ4v) is 4.77. The number of ether oxygens (including phenoxy) is 1. The minimum atomic E-state index is -0.474. The predicted molar refractivity (Wildman–Crippen MR) is 131 cm³/mol. The predicted octanol–water partition coefficient (Wildman–Crippen LogP) is 4.30. The number of rotatable bonds is 6. The van der Waals surface area contributed by atoms with Crippen LogP contribution in [0.5, 0.6) is 5.75 Å². The highest BCUT2D eigenvalue weighted by atomic mass is 32.1. The van der Waals surface area contributed by atoms with Gasteiger partial charge in [0.25, 0.3) is 0 Å².